The van der Waals surface area contributed by atoms with E-state index in [0.717, 1.165) is 6.29 Å². The fourth-order valence-electron chi connectivity index (χ4n) is 1.47. The van der Waals surface area contributed by atoms with Crippen molar-refractivity contribution in [3.63, 3.8) is 0 Å². The van der Waals surface area contributed by atoms with Gasteiger partial charge in [-0.3, -0.25) is 10.2 Å². The fourth-order valence-corrected chi connectivity index (χ4v) is 1.47. The van der Waals surface area contributed by atoms with Crippen molar-refractivity contribution in [3.8, 4) is 0 Å². The maximum atomic E-state index is 10.6. The summed E-state index contributed by atoms with van der Waals surface area (Å²) in [4.78, 5) is 10.6. The zero-order chi connectivity index (χ0) is 15.7. The molecule has 0 amide bonds. The van der Waals surface area contributed by atoms with Gasteiger partial charge in [0.25, 0.3) is 0 Å². The number of nitrogens with one attached hydrogen (secondary N) is 2. The fraction of sp³-hybridized carbons (Fsp3) is 0.267. The number of carbonyl (C=O) groups is 1. The average molecular weight is 290 g/mol. The lowest BCUT2D eigenvalue weighted by Gasteiger charge is -2.10. The third-order valence-electron chi connectivity index (χ3n) is 2.61. The van der Waals surface area contributed by atoms with Gasteiger partial charge in [0.05, 0.1) is 19.4 Å². The van der Waals surface area contributed by atoms with Gasteiger partial charge in [0.15, 0.2) is 5.76 Å². The first-order valence-corrected chi connectivity index (χ1v) is 6.23. The lowest BCUT2D eigenvalue weighted by molar-refractivity contribution is 0.112. The molecule has 6 nitrogen and oxygen atoms in total. The summed E-state index contributed by atoms with van der Waals surface area (Å²) < 4.78 is 15.0. The molecular formula is C15H18N2O4. The van der Waals surface area contributed by atoms with E-state index < -0.39 is 0 Å². The molecule has 0 bridgehead atoms. The van der Waals surface area contributed by atoms with Gasteiger partial charge in [-0.1, -0.05) is 24.3 Å². The van der Waals surface area contributed by atoms with Gasteiger partial charge in [-0.05, 0) is 5.56 Å². The second kappa shape index (κ2) is 8.65. The summed E-state index contributed by atoms with van der Waals surface area (Å²) in [6.45, 7) is 0.599. The third kappa shape index (κ3) is 5.19. The molecule has 0 saturated carbocycles. The highest BCUT2D eigenvalue weighted by Crippen LogP contribution is 2.08. The van der Waals surface area contributed by atoms with Crippen LogP contribution in [0.5, 0.6) is 0 Å². The molecule has 6 heteroatoms. The van der Waals surface area contributed by atoms with E-state index in [9.17, 15) is 4.79 Å². The number of benzene rings is 1. The Bertz CT molecular complexity index is 535. The second-order valence-corrected chi connectivity index (χ2v) is 4.04. The second-order valence-electron chi connectivity index (χ2n) is 4.04. The Morgan fingerprint density at radius 2 is 1.81 bits per heavy atom. The van der Waals surface area contributed by atoms with Crippen molar-refractivity contribution in [2.24, 2.45) is 0 Å². The highest BCUT2D eigenvalue weighted by Gasteiger charge is 2.09. The molecule has 1 aromatic carbocycles. The zero-order valence-electron chi connectivity index (χ0n) is 12.0. The molecule has 0 atom stereocenters. The van der Waals surface area contributed by atoms with Crippen LogP contribution in [-0.2, 0) is 14.2 Å². The average Bonchev–Trinajstić information content (AvgIpc) is 2.52. The lowest BCUT2D eigenvalue weighted by atomic mass is 10.1. The smallest absolute Gasteiger partial charge is 0.249 e. The van der Waals surface area contributed by atoms with Crippen LogP contribution in [0, 0.1) is 10.8 Å². The van der Waals surface area contributed by atoms with Crippen LogP contribution in [0.15, 0.2) is 36.1 Å². The molecule has 0 aliphatic heterocycles. The van der Waals surface area contributed by atoms with Crippen LogP contribution in [0.3, 0.4) is 0 Å². The number of rotatable bonds is 8. The molecule has 0 heterocycles. The van der Waals surface area contributed by atoms with Crippen LogP contribution in [0.25, 0.3) is 0 Å². The minimum Gasteiger partial charge on any atom is -0.491 e. The molecule has 0 unspecified atom stereocenters. The molecule has 2 N–H and O–H groups in total. The first kappa shape index (κ1) is 16.6. The van der Waals surface area contributed by atoms with Crippen molar-refractivity contribution >= 4 is 17.9 Å². The van der Waals surface area contributed by atoms with Gasteiger partial charge in [0.1, 0.15) is 12.9 Å². The number of methoxy groups -OCH3 is 2. The van der Waals surface area contributed by atoms with E-state index in [1.807, 2.05) is 0 Å². The van der Waals surface area contributed by atoms with E-state index in [2.05, 4.69) is 0 Å². The molecular weight excluding hydrogens is 272 g/mol. The van der Waals surface area contributed by atoms with Crippen LogP contribution in [0.2, 0.25) is 0 Å². The van der Waals surface area contributed by atoms with Crippen molar-refractivity contribution in [1.29, 1.82) is 10.8 Å². The Kier molecular flexibility index (Phi) is 6.83. The summed E-state index contributed by atoms with van der Waals surface area (Å²) in [7, 11) is 2.95. The number of hydrogen-bond donors (Lipinski definition) is 2. The highest BCUT2D eigenvalue weighted by atomic mass is 16.5. The van der Waals surface area contributed by atoms with Gasteiger partial charge in [-0.2, -0.15) is 0 Å². The van der Waals surface area contributed by atoms with Crippen LogP contribution >= 0.6 is 0 Å². The summed E-state index contributed by atoms with van der Waals surface area (Å²) >= 11 is 0. The van der Waals surface area contributed by atoms with Crippen molar-refractivity contribution < 1.29 is 19.0 Å². The molecule has 21 heavy (non-hydrogen) atoms. The lowest BCUT2D eigenvalue weighted by Crippen LogP contribution is -2.13. The van der Waals surface area contributed by atoms with E-state index in [1.54, 1.807) is 31.4 Å². The maximum Gasteiger partial charge on any atom is 0.249 e. The topological polar surface area (TPSA) is 92.5 Å². The molecule has 1 rings (SSSR count). The Morgan fingerprint density at radius 3 is 2.33 bits per heavy atom. The molecule has 0 fully saturated rings. The van der Waals surface area contributed by atoms with Crippen molar-refractivity contribution in [2.45, 2.75) is 0 Å². The molecule has 0 radical (unpaired) electrons. The molecule has 0 aliphatic carbocycles. The van der Waals surface area contributed by atoms with Gasteiger partial charge >= 0.3 is 0 Å². The predicted molar refractivity (Wildman–Crippen MR) is 79.3 cm³/mol. The standard InChI is InChI=1S/C15H18N2O4/c1-19-7-8-21-15(17)14(20-2)9-13(16)12-5-3-11(10-18)4-6-12/h3-6,9-10,16-17H,7-8H2,1-2H3/b14-9+,16-13?,17-15?. The Balaban J connectivity index is 2.78. The Labute approximate surface area is 123 Å². The number of carbonyl (C=O) groups excluding carboxylic acids is 1. The molecule has 112 valence electrons. The van der Waals surface area contributed by atoms with Crippen LogP contribution in [0.4, 0.5) is 0 Å². The summed E-state index contributed by atoms with van der Waals surface area (Å²) in [6.07, 6.45) is 2.13. The largest absolute Gasteiger partial charge is 0.491 e. The molecule has 1 aromatic rings. The Morgan fingerprint density at radius 1 is 1.14 bits per heavy atom. The maximum absolute atomic E-state index is 10.6. The van der Waals surface area contributed by atoms with E-state index in [0.29, 0.717) is 17.7 Å². The predicted octanol–water partition coefficient (Wildman–Crippen LogP) is 2.04. The van der Waals surface area contributed by atoms with E-state index in [-0.39, 0.29) is 24.0 Å². The van der Waals surface area contributed by atoms with E-state index >= 15 is 0 Å². The first-order chi connectivity index (χ1) is 10.1. The number of hydrogen-bond acceptors (Lipinski definition) is 6. The van der Waals surface area contributed by atoms with Crippen molar-refractivity contribution in [3.05, 3.63) is 47.2 Å². The summed E-state index contributed by atoms with van der Waals surface area (Å²) in [5.74, 6) is -0.0145. The number of aldehydes is 1. The van der Waals surface area contributed by atoms with Gasteiger partial charge in [0.2, 0.25) is 5.90 Å². The summed E-state index contributed by atoms with van der Waals surface area (Å²) in [5.41, 5.74) is 1.31. The minimum atomic E-state index is -0.163. The van der Waals surface area contributed by atoms with Crippen molar-refractivity contribution in [2.75, 3.05) is 27.4 Å². The molecule has 0 spiro atoms. The van der Waals surface area contributed by atoms with Gasteiger partial charge in [0, 0.05) is 18.7 Å². The Hall–Kier alpha value is -2.47. The quantitative estimate of drug-likeness (QED) is 0.252. The van der Waals surface area contributed by atoms with E-state index in [1.165, 1.54) is 13.2 Å². The number of allylic oxidation sites excluding steroid dienone is 1. The van der Waals surface area contributed by atoms with E-state index in [4.69, 9.17) is 25.0 Å². The zero-order valence-corrected chi connectivity index (χ0v) is 12.0. The number of ether oxygens (including phenoxy) is 3. The molecule has 0 aliphatic rings. The SMILES string of the molecule is COCCOC(=N)/C(=C\C(=N)c1ccc(C=O)cc1)OC. The van der Waals surface area contributed by atoms with Crippen LogP contribution < -0.4 is 0 Å². The third-order valence-corrected chi connectivity index (χ3v) is 2.61. The van der Waals surface area contributed by atoms with Crippen LogP contribution in [-0.4, -0.2) is 45.3 Å². The highest BCUT2D eigenvalue weighted by molar-refractivity contribution is 6.10. The van der Waals surface area contributed by atoms with Crippen LogP contribution in [0.1, 0.15) is 15.9 Å². The van der Waals surface area contributed by atoms with Gasteiger partial charge in [-0.15, -0.1) is 0 Å². The monoisotopic (exact) mass is 290 g/mol. The van der Waals surface area contributed by atoms with Gasteiger partial charge in [-0.25, -0.2) is 0 Å². The summed E-state index contributed by atoms with van der Waals surface area (Å²) in [6, 6.07) is 6.56. The molecule has 0 aromatic heterocycles. The summed E-state index contributed by atoms with van der Waals surface area (Å²) in [5, 5.41) is 15.7. The minimum absolute atomic E-state index is 0.149. The van der Waals surface area contributed by atoms with Gasteiger partial charge < -0.3 is 19.6 Å². The normalized spacial score (nSPS) is 10.9. The first-order valence-electron chi connectivity index (χ1n) is 6.23. The van der Waals surface area contributed by atoms with Crippen molar-refractivity contribution in [1.82, 2.24) is 0 Å². The molecule has 0 saturated heterocycles.